The van der Waals surface area contributed by atoms with Crippen molar-refractivity contribution < 1.29 is 23.2 Å². The second kappa shape index (κ2) is 7.44. The van der Waals surface area contributed by atoms with Crippen LogP contribution in [0.1, 0.15) is 11.1 Å². The molecule has 0 saturated heterocycles. The molecule has 0 aromatic heterocycles. The lowest BCUT2D eigenvalue weighted by molar-refractivity contribution is -0.384. The maximum Gasteiger partial charge on any atom is 0.416 e. The number of nitro benzene ring substituents is 1. The van der Waals surface area contributed by atoms with Gasteiger partial charge in [0.15, 0.2) is 0 Å². The van der Waals surface area contributed by atoms with Gasteiger partial charge in [-0.05, 0) is 46.9 Å². The van der Waals surface area contributed by atoms with E-state index in [-0.39, 0.29) is 17.0 Å². The molecule has 0 saturated carbocycles. The van der Waals surface area contributed by atoms with Gasteiger partial charge in [0, 0.05) is 16.7 Å². The number of anilines is 1. The van der Waals surface area contributed by atoms with Crippen LogP contribution in [0.5, 0.6) is 5.75 Å². The second-order valence-corrected chi connectivity index (χ2v) is 6.28. The molecule has 2 rings (SSSR count). The average Bonchev–Trinajstić information content (AvgIpc) is 2.50. The largest absolute Gasteiger partial charge is 0.506 e. The van der Waals surface area contributed by atoms with Crippen LogP contribution < -0.4 is 5.43 Å². The number of benzene rings is 2. The van der Waals surface area contributed by atoms with E-state index in [0.717, 1.165) is 12.3 Å². The van der Waals surface area contributed by atoms with Gasteiger partial charge < -0.3 is 5.11 Å². The van der Waals surface area contributed by atoms with Gasteiger partial charge in [-0.25, -0.2) is 0 Å². The third-order valence-electron chi connectivity index (χ3n) is 2.97. The Balaban J connectivity index is 2.30. The van der Waals surface area contributed by atoms with E-state index in [4.69, 9.17) is 11.6 Å². The van der Waals surface area contributed by atoms with Crippen LogP contribution in [-0.2, 0) is 6.18 Å². The molecule has 0 amide bonds. The molecule has 2 aromatic rings. The molecule has 0 unspecified atom stereocenters. The van der Waals surface area contributed by atoms with Crippen LogP contribution in [0.15, 0.2) is 35.4 Å². The van der Waals surface area contributed by atoms with Gasteiger partial charge >= 0.3 is 6.18 Å². The highest BCUT2D eigenvalue weighted by Gasteiger charge is 2.33. The summed E-state index contributed by atoms with van der Waals surface area (Å²) in [5.74, 6) is -0.0996. The first-order valence-electron chi connectivity index (χ1n) is 6.42. The van der Waals surface area contributed by atoms with Crippen LogP contribution in [0.25, 0.3) is 0 Å². The number of nitrogens with zero attached hydrogens (tertiary/aromatic N) is 2. The van der Waals surface area contributed by atoms with E-state index in [2.05, 4.69) is 10.5 Å². The van der Waals surface area contributed by atoms with Gasteiger partial charge in [-0.1, -0.05) is 11.6 Å². The van der Waals surface area contributed by atoms with Gasteiger partial charge in [-0.3, -0.25) is 15.5 Å². The Kier molecular flexibility index (Phi) is 5.72. The number of hydrazone groups is 1. The van der Waals surface area contributed by atoms with Crippen molar-refractivity contribution in [3.05, 3.63) is 60.2 Å². The Hall–Kier alpha value is -2.08. The predicted octanol–water partition coefficient (Wildman–Crippen LogP) is 5.02. The molecular weight excluding hydrogens is 478 g/mol. The van der Waals surface area contributed by atoms with Crippen molar-refractivity contribution in [1.82, 2.24) is 0 Å². The first kappa shape index (κ1) is 19.2. The van der Waals surface area contributed by atoms with Crippen LogP contribution in [0.2, 0.25) is 5.02 Å². The van der Waals surface area contributed by atoms with Crippen molar-refractivity contribution in [2.24, 2.45) is 5.10 Å². The molecular formula is C14H8ClF3IN3O3. The minimum Gasteiger partial charge on any atom is -0.506 e. The van der Waals surface area contributed by atoms with Gasteiger partial charge in [0.25, 0.3) is 5.69 Å². The SMILES string of the molecule is O=[N+]([O-])c1cc(C(F)(F)F)ccc1N/N=C\c1cc(Cl)cc(I)c1O. The molecule has 0 aliphatic heterocycles. The van der Waals surface area contributed by atoms with Crippen molar-refractivity contribution in [2.45, 2.75) is 6.18 Å². The van der Waals surface area contributed by atoms with E-state index in [1.807, 2.05) is 22.6 Å². The zero-order chi connectivity index (χ0) is 18.8. The Morgan fingerprint density at radius 3 is 2.60 bits per heavy atom. The summed E-state index contributed by atoms with van der Waals surface area (Å²) < 4.78 is 38.4. The summed E-state index contributed by atoms with van der Waals surface area (Å²) >= 11 is 7.70. The third-order valence-corrected chi connectivity index (χ3v) is 4.01. The number of hydrogen-bond acceptors (Lipinski definition) is 5. The van der Waals surface area contributed by atoms with Gasteiger partial charge in [-0.2, -0.15) is 18.3 Å². The maximum atomic E-state index is 12.6. The summed E-state index contributed by atoms with van der Waals surface area (Å²) in [5.41, 5.74) is 0.372. The van der Waals surface area contributed by atoms with Crippen LogP contribution >= 0.6 is 34.2 Å². The summed E-state index contributed by atoms with van der Waals surface area (Å²) in [4.78, 5) is 10.0. The standard InChI is InChI=1S/C14H8ClF3IN3O3/c15-9-3-7(13(23)10(19)5-9)6-20-21-11-2-1-8(14(16,17)18)4-12(11)22(24)25/h1-6,21,23H/b20-6-. The molecule has 0 spiro atoms. The summed E-state index contributed by atoms with van der Waals surface area (Å²) in [7, 11) is 0. The number of aromatic hydroxyl groups is 1. The molecule has 0 heterocycles. The monoisotopic (exact) mass is 485 g/mol. The lowest BCUT2D eigenvalue weighted by atomic mass is 10.1. The van der Waals surface area contributed by atoms with E-state index < -0.39 is 22.4 Å². The highest BCUT2D eigenvalue weighted by molar-refractivity contribution is 14.1. The molecule has 0 radical (unpaired) electrons. The highest BCUT2D eigenvalue weighted by atomic mass is 127. The lowest BCUT2D eigenvalue weighted by Gasteiger charge is -2.08. The van der Waals surface area contributed by atoms with Crippen LogP contribution in [0.4, 0.5) is 24.5 Å². The normalized spacial score (nSPS) is 11.7. The smallest absolute Gasteiger partial charge is 0.416 e. The Labute approximate surface area is 157 Å². The van der Waals surface area contributed by atoms with Crippen LogP contribution in [0, 0.1) is 13.7 Å². The van der Waals surface area contributed by atoms with Crippen molar-refractivity contribution >= 4 is 51.8 Å². The lowest BCUT2D eigenvalue weighted by Crippen LogP contribution is -2.06. The molecule has 6 nitrogen and oxygen atoms in total. The number of phenolic OH excluding ortho intramolecular Hbond substituents is 1. The molecule has 0 atom stereocenters. The summed E-state index contributed by atoms with van der Waals surface area (Å²) in [6.07, 6.45) is -3.55. The van der Waals surface area contributed by atoms with E-state index in [1.54, 1.807) is 0 Å². The van der Waals surface area contributed by atoms with Crippen molar-refractivity contribution in [3.8, 4) is 5.75 Å². The molecule has 0 aliphatic rings. The zero-order valence-electron chi connectivity index (χ0n) is 12.0. The number of nitrogens with one attached hydrogen (secondary N) is 1. The minimum atomic E-state index is -4.70. The van der Waals surface area contributed by atoms with E-state index in [0.29, 0.717) is 20.7 Å². The molecule has 11 heteroatoms. The zero-order valence-corrected chi connectivity index (χ0v) is 14.9. The molecule has 0 aliphatic carbocycles. The van der Waals surface area contributed by atoms with Crippen LogP contribution in [-0.4, -0.2) is 16.2 Å². The van der Waals surface area contributed by atoms with Gasteiger partial charge in [0.1, 0.15) is 11.4 Å². The van der Waals surface area contributed by atoms with Gasteiger partial charge in [0.2, 0.25) is 0 Å². The fraction of sp³-hybridized carbons (Fsp3) is 0.0714. The fourth-order valence-corrected chi connectivity index (χ4v) is 2.87. The van der Waals surface area contributed by atoms with Crippen LogP contribution in [0.3, 0.4) is 0 Å². The topological polar surface area (TPSA) is 87.8 Å². The number of halogens is 5. The number of rotatable bonds is 4. The number of nitro groups is 1. The van der Waals surface area contributed by atoms with Gasteiger partial charge in [-0.15, -0.1) is 0 Å². The van der Waals surface area contributed by atoms with Crippen molar-refractivity contribution in [2.75, 3.05) is 5.43 Å². The molecule has 0 bridgehead atoms. The number of alkyl halides is 3. The Bertz CT molecular complexity index is 859. The van der Waals surface area contributed by atoms with Crippen molar-refractivity contribution in [3.63, 3.8) is 0 Å². The van der Waals surface area contributed by atoms with Gasteiger partial charge in [0.05, 0.1) is 20.3 Å². The number of phenols is 1. The highest BCUT2D eigenvalue weighted by Crippen LogP contribution is 2.35. The molecule has 0 fully saturated rings. The first-order valence-corrected chi connectivity index (χ1v) is 7.88. The minimum absolute atomic E-state index is 0.0996. The molecule has 2 N–H and O–H groups in total. The van der Waals surface area contributed by atoms with E-state index in [9.17, 15) is 28.4 Å². The third kappa shape index (κ3) is 4.72. The predicted molar refractivity (Wildman–Crippen MR) is 95.1 cm³/mol. The molecule has 132 valence electrons. The Morgan fingerprint density at radius 2 is 2.00 bits per heavy atom. The average molecular weight is 486 g/mol. The van der Waals surface area contributed by atoms with E-state index in [1.165, 1.54) is 12.1 Å². The summed E-state index contributed by atoms with van der Waals surface area (Å²) in [6.45, 7) is 0. The molecule has 2 aromatic carbocycles. The Morgan fingerprint density at radius 1 is 1.32 bits per heavy atom. The first-order chi connectivity index (χ1) is 11.6. The maximum absolute atomic E-state index is 12.6. The van der Waals surface area contributed by atoms with Crippen molar-refractivity contribution in [1.29, 1.82) is 0 Å². The fourth-order valence-electron chi connectivity index (χ4n) is 1.81. The second-order valence-electron chi connectivity index (χ2n) is 4.68. The summed E-state index contributed by atoms with van der Waals surface area (Å²) in [5, 5.41) is 24.9. The number of hydrogen-bond donors (Lipinski definition) is 2. The van der Waals surface area contributed by atoms with E-state index >= 15 is 0 Å². The molecule has 25 heavy (non-hydrogen) atoms. The quantitative estimate of drug-likeness (QED) is 0.275. The summed E-state index contributed by atoms with van der Waals surface area (Å²) in [6, 6.07) is 4.94.